The highest BCUT2D eigenvalue weighted by Crippen LogP contribution is 2.19. The lowest BCUT2D eigenvalue weighted by Gasteiger charge is -2.19. The van der Waals surface area contributed by atoms with Crippen LogP contribution in [0.1, 0.15) is 32.8 Å². The number of rotatable bonds is 5. The number of nitrogens with two attached hydrogens (primary N) is 1. The zero-order chi connectivity index (χ0) is 15.9. The number of aromatic nitrogens is 1. The molecular formula is C15H23N3O3. The molecule has 0 aliphatic heterocycles. The largest absolute Gasteiger partial charge is 0.481 e. The zero-order valence-electron chi connectivity index (χ0n) is 13.0. The summed E-state index contributed by atoms with van der Waals surface area (Å²) < 4.78 is 10.3. The lowest BCUT2D eigenvalue weighted by atomic mass is 10.2. The molecule has 1 heterocycles. The van der Waals surface area contributed by atoms with E-state index in [1.54, 1.807) is 19.4 Å². The molecule has 116 valence electrons. The van der Waals surface area contributed by atoms with E-state index < -0.39 is 11.7 Å². The molecule has 0 aliphatic rings. The first-order valence-electron chi connectivity index (χ1n) is 6.75. The normalized spacial score (nSPS) is 11.4. The molecule has 0 aliphatic carbocycles. The topological polar surface area (TPSA) is 86.5 Å². The van der Waals surface area contributed by atoms with Gasteiger partial charge in [0.2, 0.25) is 5.88 Å². The monoisotopic (exact) mass is 293 g/mol. The Kier molecular flexibility index (Phi) is 6.02. The number of alkyl carbamates (subject to hydrolysis) is 1. The van der Waals surface area contributed by atoms with E-state index in [1.165, 1.54) is 0 Å². The van der Waals surface area contributed by atoms with E-state index in [2.05, 4.69) is 10.3 Å². The summed E-state index contributed by atoms with van der Waals surface area (Å²) in [5.74, 6) is 0.514. The van der Waals surface area contributed by atoms with Gasteiger partial charge in [-0.3, -0.25) is 0 Å². The predicted molar refractivity (Wildman–Crippen MR) is 83.1 cm³/mol. The summed E-state index contributed by atoms with van der Waals surface area (Å²) >= 11 is 0. The van der Waals surface area contributed by atoms with Gasteiger partial charge in [-0.25, -0.2) is 9.78 Å². The SMILES string of the molecule is COc1ncc(N)cc1C=CCCNC(=O)OC(C)(C)C. The molecule has 3 N–H and O–H groups in total. The number of carbonyl (C=O) groups is 1. The highest BCUT2D eigenvalue weighted by Gasteiger charge is 2.15. The maximum atomic E-state index is 11.4. The van der Waals surface area contributed by atoms with Crippen LogP contribution in [-0.2, 0) is 4.74 Å². The van der Waals surface area contributed by atoms with Gasteiger partial charge in [0.15, 0.2) is 0 Å². The van der Waals surface area contributed by atoms with Gasteiger partial charge in [-0.15, -0.1) is 0 Å². The highest BCUT2D eigenvalue weighted by molar-refractivity contribution is 5.67. The van der Waals surface area contributed by atoms with Crippen LogP contribution in [0.2, 0.25) is 0 Å². The van der Waals surface area contributed by atoms with Crippen molar-refractivity contribution in [3.63, 3.8) is 0 Å². The lowest BCUT2D eigenvalue weighted by Crippen LogP contribution is -2.32. The number of nitrogens with one attached hydrogen (secondary N) is 1. The number of methoxy groups -OCH3 is 1. The van der Waals surface area contributed by atoms with Crippen molar-refractivity contribution in [2.45, 2.75) is 32.8 Å². The van der Waals surface area contributed by atoms with Gasteiger partial charge in [0.25, 0.3) is 0 Å². The van der Waals surface area contributed by atoms with Crippen molar-refractivity contribution < 1.29 is 14.3 Å². The second-order valence-electron chi connectivity index (χ2n) is 5.49. The molecule has 6 nitrogen and oxygen atoms in total. The van der Waals surface area contributed by atoms with Gasteiger partial charge in [0, 0.05) is 12.1 Å². The molecule has 0 atom stereocenters. The fraction of sp³-hybridized carbons (Fsp3) is 0.467. The van der Waals surface area contributed by atoms with Gasteiger partial charge in [0.05, 0.1) is 19.0 Å². The van der Waals surface area contributed by atoms with Crippen LogP contribution >= 0.6 is 0 Å². The Morgan fingerprint density at radius 1 is 1.48 bits per heavy atom. The first-order valence-corrected chi connectivity index (χ1v) is 6.75. The minimum absolute atomic E-state index is 0.417. The fourth-order valence-electron chi connectivity index (χ4n) is 1.56. The van der Waals surface area contributed by atoms with Gasteiger partial charge in [0.1, 0.15) is 5.60 Å². The summed E-state index contributed by atoms with van der Waals surface area (Å²) in [5.41, 5.74) is 6.57. The van der Waals surface area contributed by atoms with Gasteiger partial charge in [-0.1, -0.05) is 12.2 Å². The number of nitrogen functional groups attached to an aromatic ring is 1. The van der Waals surface area contributed by atoms with Crippen molar-refractivity contribution in [3.05, 3.63) is 23.9 Å². The van der Waals surface area contributed by atoms with E-state index in [9.17, 15) is 4.79 Å². The predicted octanol–water partition coefficient (Wildman–Crippen LogP) is 2.60. The van der Waals surface area contributed by atoms with Crippen molar-refractivity contribution >= 4 is 17.9 Å². The van der Waals surface area contributed by atoms with Crippen LogP contribution in [0, 0.1) is 0 Å². The van der Waals surface area contributed by atoms with E-state index >= 15 is 0 Å². The standard InChI is InChI=1S/C15H23N3O3/c1-15(2,3)21-14(19)17-8-6-5-7-11-9-12(16)10-18-13(11)20-4/h5,7,9-10H,6,8,16H2,1-4H3,(H,17,19). The molecule has 1 amide bonds. The maximum absolute atomic E-state index is 11.4. The molecule has 6 heteroatoms. The van der Waals surface area contributed by atoms with Crippen LogP contribution in [0.15, 0.2) is 18.3 Å². The highest BCUT2D eigenvalue weighted by atomic mass is 16.6. The summed E-state index contributed by atoms with van der Waals surface area (Å²) in [4.78, 5) is 15.5. The Bertz CT molecular complexity index is 507. The molecule has 0 saturated heterocycles. The second kappa shape index (κ2) is 7.52. The van der Waals surface area contributed by atoms with Crippen LogP contribution in [0.5, 0.6) is 5.88 Å². The summed E-state index contributed by atoms with van der Waals surface area (Å²) in [7, 11) is 1.56. The van der Waals surface area contributed by atoms with Crippen molar-refractivity contribution in [1.82, 2.24) is 10.3 Å². The summed E-state index contributed by atoms with van der Waals surface area (Å²) in [6, 6.07) is 1.78. The van der Waals surface area contributed by atoms with Gasteiger partial charge in [-0.05, 0) is 33.3 Å². The van der Waals surface area contributed by atoms with Crippen LogP contribution in [0.25, 0.3) is 6.08 Å². The Labute approximate surface area is 125 Å². The summed E-state index contributed by atoms with van der Waals surface area (Å²) in [5, 5.41) is 2.68. The van der Waals surface area contributed by atoms with Crippen LogP contribution in [-0.4, -0.2) is 30.3 Å². The second-order valence-corrected chi connectivity index (χ2v) is 5.49. The number of pyridine rings is 1. The minimum Gasteiger partial charge on any atom is -0.481 e. The van der Waals surface area contributed by atoms with E-state index in [1.807, 2.05) is 32.9 Å². The molecule has 1 aromatic rings. The number of ether oxygens (including phenoxy) is 2. The molecule has 0 bridgehead atoms. The molecule has 0 saturated carbocycles. The molecule has 1 aromatic heterocycles. The average molecular weight is 293 g/mol. The molecule has 21 heavy (non-hydrogen) atoms. The maximum Gasteiger partial charge on any atom is 0.407 e. The van der Waals surface area contributed by atoms with Gasteiger partial charge < -0.3 is 20.5 Å². The average Bonchev–Trinajstić information content (AvgIpc) is 2.36. The molecule has 1 rings (SSSR count). The fourth-order valence-corrected chi connectivity index (χ4v) is 1.56. The van der Waals surface area contributed by atoms with Crippen LogP contribution in [0.4, 0.5) is 10.5 Å². The third kappa shape index (κ3) is 6.65. The van der Waals surface area contributed by atoms with Gasteiger partial charge in [-0.2, -0.15) is 0 Å². The molecule has 0 spiro atoms. The lowest BCUT2D eigenvalue weighted by molar-refractivity contribution is 0.0529. The molecule has 0 unspecified atom stereocenters. The number of anilines is 1. The number of nitrogens with zero attached hydrogens (tertiary/aromatic N) is 1. The number of hydrogen-bond acceptors (Lipinski definition) is 5. The van der Waals surface area contributed by atoms with E-state index in [0.29, 0.717) is 24.5 Å². The zero-order valence-corrected chi connectivity index (χ0v) is 13.0. The van der Waals surface area contributed by atoms with Crippen molar-refractivity contribution in [1.29, 1.82) is 0 Å². The quantitative estimate of drug-likeness (QED) is 0.815. The molecular weight excluding hydrogens is 270 g/mol. The minimum atomic E-state index is -0.486. The van der Waals surface area contributed by atoms with Crippen molar-refractivity contribution in [2.75, 3.05) is 19.4 Å². The molecule has 0 aromatic carbocycles. The first kappa shape index (κ1) is 16.8. The van der Waals surface area contributed by atoms with Crippen molar-refractivity contribution in [3.8, 4) is 5.88 Å². The molecule has 0 radical (unpaired) electrons. The Balaban J connectivity index is 2.42. The Morgan fingerprint density at radius 3 is 2.81 bits per heavy atom. The Hall–Kier alpha value is -2.24. The van der Waals surface area contributed by atoms with E-state index in [4.69, 9.17) is 15.2 Å². The third-order valence-corrected chi connectivity index (χ3v) is 2.37. The summed E-state index contributed by atoms with van der Waals surface area (Å²) in [6.45, 7) is 5.96. The van der Waals surface area contributed by atoms with E-state index in [-0.39, 0.29) is 0 Å². The Morgan fingerprint density at radius 2 is 2.19 bits per heavy atom. The third-order valence-electron chi connectivity index (χ3n) is 2.37. The van der Waals surface area contributed by atoms with Crippen molar-refractivity contribution in [2.24, 2.45) is 0 Å². The van der Waals surface area contributed by atoms with E-state index in [0.717, 1.165) is 5.56 Å². The van der Waals surface area contributed by atoms with Crippen LogP contribution < -0.4 is 15.8 Å². The number of carbonyl (C=O) groups excluding carboxylic acids is 1. The molecule has 0 fully saturated rings. The van der Waals surface area contributed by atoms with Crippen LogP contribution in [0.3, 0.4) is 0 Å². The smallest absolute Gasteiger partial charge is 0.407 e. The van der Waals surface area contributed by atoms with Gasteiger partial charge >= 0.3 is 6.09 Å². The summed E-state index contributed by atoms with van der Waals surface area (Å²) in [6.07, 6.45) is 5.56. The first-order chi connectivity index (χ1) is 9.81. The number of hydrogen-bond donors (Lipinski definition) is 2. The number of amides is 1.